The summed E-state index contributed by atoms with van der Waals surface area (Å²) in [5, 5.41) is 0. The molecule has 18 heavy (non-hydrogen) atoms. The third kappa shape index (κ3) is 5.28. The quantitative estimate of drug-likeness (QED) is 0.471. The van der Waals surface area contributed by atoms with Crippen LogP contribution in [0.25, 0.3) is 0 Å². The summed E-state index contributed by atoms with van der Waals surface area (Å²) in [4.78, 5) is 11.4. The van der Waals surface area contributed by atoms with Crippen molar-refractivity contribution in [1.29, 1.82) is 0 Å². The molecular weight excluding hydrogens is 432 g/mol. The van der Waals surface area contributed by atoms with Gasteiger partial charge in [0.05, 0.1) is 15.6 Å². The number of esters is 1. The van der Waals surface area contributed by atoms with E-state index in [2.05, 4.69) is 47.8 Å². The standard InChI is InChI=1S/C12H13Br3O3/c1-2-3-4-17-11(16)7-18-12-9(14)5-8(13)6-10(12)15/h5-6H,2-4,7H2,1H3. The molecule has 0 atom stereocenters. The monoisotopic (exact) mass is 442 g/mol. The van der Waals surface area contributed by atoms with E-state index in [1.807, 2.05) is 19.1 Å². The van der Waals surface area contributed by atoms with Gasteiger partial charge in [-0.2, -0.15) is 0 Å². The van der Waals surface area contributed by atoms with Crippen molar-refractivity contribution >= 4 is 53.8 Å². The van der Waals surface area contributed by atoms with Crippen LogP contribution in [0, 0.1) is 0 Å². The first-order valence-corrected chi connectivity index (χ1v) is 7.85. The summed E-state index contributed by atoms with van der Waals surface area (Å²) in [6.07, 6.45) is 1.87. The molecule has 1 aromatic carbocycles. The lowest BCUT2D eigenvalue weighted by molar-refractivity contribution is -0.146. The Morgan fingerprint density at radius 1 is 1.22 bits per heavy atom. The Kier molecular flexibility index (Phi) is 7.26. The zero-order chi connectivity index (χ0) is 13.5. The molecule has 0 aliphatic carbocycles. The minimum atomic E-state index is -0.356. The first kappa shape index (κ1) is 16.0. The number of benzene rings is 1. The zero-order valence-electron chi connectivity index (χ0n) is 9.84. The SMILES string of the molecule is CCCCOC(=O)COc1c(Br)cc(Br)cc1Br. The smallest absolute Gasteiger partial charge is 0.344 e. The normalized spacial score (nSPS) is 10.2. The molecule has 1 rings (SSSR count). The van der Waals surface area contributed by atoms with Crippen molar-refractivity contribution in [3.8, 4) is 5.75 Å². The molecule has 0 N–H and O–H groups in total. The Bertz CT molecular complexity index is 398. The predicted molar refractivity (Wildman–Crippen MR) is 80.9 cm³/mol. The Morgan fingerprint density at radius 3 is 2.39 bits per heavy atom. The third-order valence-corrected chi connectivity index (χ3v) is 3.69. The fourth-order valence-corrected chi connectivity index (χ4v) is 3.66. The summed E-state index contributed by atoms with van der Waals surface area (Å²) in [6, 6.07) is 3.70. The highest BCUT2D eigenvalue weighted by molar-refractivity contribution is 9.11. The maximum atomic E-state index is 11.4. The first-order valence-electron chi connectivity index (χ1n) is 5.47. The second kappa shape index (κ2) is 8.17. The van der Waals surface area contributed by atoms with Gasteiger partial charge in [-0.3, -0.25) is 0 Å². The van der Waals surface area contributed by atoms with Gasteiger partial charge in [0.25, 0.3) is 0 Å². The van der Waals surface area contributed by atoms with Crippen LogP contribution in [0.4, 0.5) is 0 Å². The summed E-state index contributed by atoms with van der Waals surface area (Å²) in [5.41, 5.74) is 0. The lowest BCUT2D eigenvalue weighted by Gasteiger charge is -2.10. The lowest BCUT2D eigenvalue weighted by Crippen LogP contribution is -2.15. The summed E-state index contributed by atoms with van der Waals surface area (Å²) in [6.45, 7) is 2.39. The van der Waals surface area contributed by atoms with Gasteiger partial charge < -0.3 is 9.47 Å². The molecule has 0 bridgehead atoms. The van der Waals surface area contributed by atoms with E-state index >= 15 is 0 Å². The van der Waals surface area contributed by atoms with E-state index in [4.69, 9.17) is 9.47 Å². The topological polar surface area (TPSA) is 35.5 Å². The van der Waals surface area contributed by atoms with Gasteiger partial charge >= 0.3 is 5.97 Å². The lowest BCUT2D eigenvalue weighted by atomic mass is 10.3. The van der Waals surface area contributed by atoms with Gasteiger partial charge in [0.15, 0.2) is 6.61 Å². The second-order valence-electron chi connectivity index (χ2n) is 3.56. The maximum Gasteiger partial charge on any atom is 0.344 e. The molecule has 0 fully saturated rings. The molecule has 6 heteroatoms. The van der Waals surface area contributed by atoms with Crippen LogP contribution in [0.15, 0.2) is 25.6 Å². The summed E-state index contributed by atoms with van der Waals surface area (Å²) >= 11 is 10.1. The molecule has 0 unspecified atom stereocenters. The number of unbranched alkanes of at least 4 members (excludes halogenated alkanes) is 1. The average Bonchev–Trinajstić information content (AvgIpc) is 2.27. The Labute approximate surface area is 132 Å². The van der Waals surface area contributed by atoms with Crippen LogP contribution in [0.3, 0.4) is 0 Å². The molecule has 0 aliphatic heterocycles. The van der Waals surface area contributed by atoms with E-state index in [0.29, 0.717) is 12.4 Å². The Hall–Kier alpha value is -0.0700. The van der Waals surface area contributed by atoms with Crippen molar-refractivity contribution in [1.82, 2.24) is 0 Å². The van der Waals surface area contributed by atoms with Crippen LogP contribution in [-0.4, -0.2) is 19.2 Å². The van der Waals surface area contributed by atoms with E-state index < -0.39 is 0 Å². The van der Waals surface area contributed by atoms with Crippen LogP contribution in [-0.2, 0) is 9.53 Å². The highest BCUT2D eigenvalue weighted by atomic mass is 79.9. The van der Waals surface area contributed by atoms with Gasteiger partial charge in [-0.15, -0.1) is 0 Å². The Balaban J connectivity index is 2.51. The van der Waals surface area contributed by atoms with E-state index in [1.54, 1.807) is 0 Å². The highest BCUT2D eigenvalue weighted by Gasteiger charge is 2.11. The molecule has 0 spiro atoms. The van der Waals surface area contributed by atoms with Crippen LogP contribution >= 0.6 is 47.8 Å². The van der Waals surface area contributed by atoms with Crippen LogP contribution in [0.1, 0.15) is 19.8 Å². The number of hydrogen-bond acceptors (Lipinski definition) is 3. The minimum Gasteiger partial charge on any atom is -0.480 e. The fourth-order valence-electron chi connectivity index (χ4n) is 1.17. The molecule has 1 aromatic rings. The van der Waals surface area contributed by atoms with Crippen LogP contribution < -0.4 is 4.74 Å². The summed E-state index contributed by atoms with van der Waals surface area (Å²) in [7, 11) is 0. The van der Waals surface area contributed by atoms with Crippen molar-refractivity contribution in [2.24, 2.45) is 0 Å². The number of ether oxygens (including phenoxy) is 2. The van der Waals surface area contributed by atoms with Gasteiger partial charge in [0.2, 0.25) is 0 Å². The van der Waals surface area contributed by atoms with Gasteiger partial charge in [-0.25, -0.2) is 4.79 Å². The largest absolute Gasteiger partial charge is 0.480 e. The Morgan fingerprint density at radius 2 is 1.83 bits per heavy atom. The number of halogens is 3. The average molecular weight is 445 g/mol. The van der Waals surface area contributed by atoms with Gasteiger partial charge in [0.1, 0.15) is 5.75 Å². The van der Waals surface area contributed by atoms with Gasteiger partial charge in [-0.05, 0) is 50.4 Å². The highest BCUT2D eigenvalue weighted by Crippen LogP contribution is 2.36. The van der Waals surface area contributed by atoms with Crippen molar-refractivity contribution in [3.05, 3.63) is 25.6 Å². The number of carbonyl (C=O) groups excluding carboxylic acids is 1. The molecule has 0 radical (unpaired) electrons. The third-order valence-electron chi connectivity index (χ3n) is 2.06. The summed E-state index contributed by atoms with van der Waals surface area (Å²) in [5.74, 6) is 0.232. The van der Waals surface area contributed by atoms with Crippen LogP contribution in [0.5, 0.6) is 5.75 Å². The molecular formula is C12H13Br3O3. The predicted octanol–water partition coefficient (Wildman–Crippen LogP) is 4.70. The molecule has 3 nitrogen and oxygen atoms in total. The molecule has 100 valence electrons. The summed E-state index contributed by atoms with van der Waals surface area (Å²) < 4.78 is 12.9. The first-order chi connectivity index (χ1) is 8.54. The van der Waals surface area contributed by atoms with Crippen molar-refractivity contribution in [2.45, 2.75) is 19.8 Å². The second-order valence-corrected chi connectivity index (χ2v) is 6.19. The van der Waals surface area contributed by atoms with E-state index in [-0.39, 0.29) is 12.6 Å². The maximum absolute atomic E-state index is 11.4. The zero-order valence-corrected chi connectivity index (χ0v) is 14.6. The van der Waals surface area contributed by atoms with Gasteiger partial charge in [0, 0.05) is 4.47 Å². The molecule has 0 aromatic heterocycles. The van der Waals surface area contributed by atoms with E-state index in [1.165, 1.54) is 0 Å². The molecule has 0 saturated heterocycles. The van der Waals surface area contributed by atoms with E-state index in [9.17, 15) is 4.79 Å². The van der Waals surface area contributed by atoms with Crippen molar-refractivity contribution in [2.75, 3.05) is 13.2 Å². The number of carbonyl (C=O) groups is 1. The molecule has 0 amide bonds. The van der Waals surface area contributed by atoms with Gasteiger partial charge in [-0.1, -0.05) is 29.3 Å². The number of hydrogen-bond donors (Lipinski definition) is 0. The van der Waals surface area contributed by atoms with Crippen molar-refractivity contribution in [3.63, 3.8) is 0 Å². The van der Waals surface area contributed by atoms with Crippen LogP contribution in [0.2, 0.25) is 0 Å². The fraction of sp³-hybridized carbons (Fsp3) is 0.417. The van der Waals surface area contributed by atoms with E-state index in [0.717, 1.165) is 26.3 Å². The molecule has 0 heterocycles. The number of rotatable bonds is 6. The molecule has 0 saturated carbocycles. The van der Waals surface area contributed by atoms with Crippen molar-refractivity contribution < 1.29 is 14.3 Å². The minimum absolute atomic E-state index is 0.0947. The molecule has 0 aliphatic rings.